The normalized spacial score (nSPS) is 13.4. The molecule has 3 atom stereocenters. The summed E-state index contributed by atoms with van der Waals surface area (Å²) in [6.07, 6.45) is 3.30. The van der Waals surface area contributed by atoms with E-state index in [0.29, 0.717) is 43.6 Å². The fourth-order valence-corrected chi connectivity index (χ4v) is 6.04. The number of ether oxygens (including phenoxy) is 1. The van der Waals surface area contributed by atoms with Crippen LogP contribution in [0.5, 0.6) is 0 Å². The van der Waals surface area contributed by atoms with Crippen molar-refractivity contribution in [1.29, 1.82) is 5.41 Å². The first-order valence-electron chi connectivity index (χ1n) is 17.5. The van der Waals surface area contributed by atoms with E-state index in [4.69, 9.17) is 15.9 Å². The molecule has 0 spiro atoms. The maximum atomic E-state index is 13.9. The van der Waals surface area contributed by atoms with Crippen LogP contribution in [0.25, 0.3) is 0 Å². The van der Waals surface area contributed by atoms with Crippen molar-refractivity contribution >= 4 is 23.9 Å². The molecule has 0 aromatic heterocycles. The minimum absolute atomic E-state index is 0.130. The summed E-state index contributed by atoms with van der Waals surface area (Å²) in [5.74, 6) is -0.379. The molecule has 0 saturated heterocycles. The zero-order valence-corrected chi connectivity index (χ0v) is 30.8. The number of carbonyl (C=O) groups excluding carboxylic acids is 3. The van der Waals surface area contributed by atoms with Crippen LogP contribution in [-0.4, -0.2) is 86.0 Å². The van der Waals surface area contributed by atoms with Crippen LogP contribution in [0, 0.1) is 5.41 Å². The van der Waals surface area contributed by atoms with Gasteiger partial charge >= 0.3 is 6.09 Å². The summed E-state index contributed by atoms with van der Waals surface area (Å²) in [4.78, 5) is 44.2. The van der Waals surface area contributed by atoms with Crippen molar-refractivity contribution < 1.29 is 19.1 Å². The van der Waals surface area contributed by atoms with E-state index < -0.39 is 23.6 Å². The molecule has 51 heavy (non-hydrogen) atoms. The van der Waals surface area contributed by atoms with Gasteiger partial charge in [-0.2, -0.15) is 0 Å². The average Bonchev–Trinajstić information content (AvgIpc) is 3.14. The molecule has 0 bridgehead atoms. The first-order chi connectivity index (χ1) is 24.4. The van der Waals surface area contributed by atoms with Crippen LogP contribution in [0.4, 0.5) is 4.79 Å². The Kier molecular flexibility index (Phi) is 15.7. The molecule has 3 aromatic carbocycles. The average molecular weight is 698 g/mol. The van der Waals surface area contributed by atoms with Gasteiger partial charge in [0.2, 0.25) is 5.91 Å². The predicted molar refractivity (Wildman–Crippen MR) is 203 cm³/mol. The fraction of sp³-hybridized carbons (Fsp3) is 0.400. The van der Waals surface area contributed by atoms with E-state index in [1.807, 2.05) is 76.5 Å². The van der Waals surface area contributed by atoms with Crippen LogP contribution in [0.3, 0.4) is 0 Å². The molecule has 2 unspecified atom stereocenters. The molecule has 3 rings (SSSR count). The molecule has 0 saturated carbocycles. The molecule has 11 nitrogen and oxygen atoms in total. The number of nitrogens with zero attached hydrogens (tertiary/aromatic N) is 2. The number of nitrogens with two attached hydrogens (primary N) is 1. The van der Waals surface area contributed by atoms with Crippen LogP contribution < -0.4 is 21.7 Å². The van der Waals surface area contributed by atoms with Crippen LogP contribution in [-0.2, 0) is 14.9 Å². The SMILES string of the molecule is C/C=C(\OC(=O)N(C)CC(CC)NC(=O)[C@H](CCCNC(=N)N)NC(=O)c1ccccc1)C(CC(C)N(C)C)(c1ccccc1)c1ccccc1. The Hall–Kier alpha value is -5.16. The highest BCUT2D eigenvalue weighted by molar-refractivity contribution is 5.97. The zero-order valence-electron chi connectivity index (χ0n) is 30.8. The highest BCUT2D eigenvalue weighted by Crippen LogP contribution is 2.44. The maximum Gasteiger partial charge on any atom is 0.414 e. The Bertz CT molecular complexity index is 1540. The van der Waals surface area contributed by atoms with E-state index in [0.717, 1.165) is 11.1 Å². The second-order valence-corrected chi connectivity index (χ2v) is 13.0. The number of benzene rings is 3. The molecule has 11 heteroatoms. The molecule has 0 heterocycles. The number of likely N-dealkylation sites (N-methyl/N-ethyl adjacent to an activating group) is 1. The van der Waals surface area contributed by atoms with Crippen molar-refractivity contribution in [2.24, 2.45) is 5.73 Å². The lowest BCUT2D eigenvalue weighted by Crippen LogP contribution is -2.52. The van der Waals surface area contributed by atoms with Crippen molar-refractivity contribution in [2.45, 2.75) is 70.0 Å². The third-order valence-corrected chi connectivity index (χ3v) is 9.18. The van der Waals surface area contributed by atoms with Gasteiger partial charge in [0, 0.05) is 37.8 Å². The summed E-state index contributed by atoms with van der Waals surface area (Å²) in [5.41, 5.74) is 7.10. The lowest BCUT2D eigenvalue weighted by molar-refractivity contribution is -0.124. The van der Waals surface area contributed by atoms with Gasteiger partial charge in [0.15, 0.2) is 5.96 Å². The molecule has 274 valence electrons. The highest BCUT2D eigenvalue weighted by Gasteiger charge is 2.42. The molecule has 3 amide bonds. The highest BCUT2D eigenvalue weighted by atomic mass is 16.6. The van der Waals surface area contributed by atoms with Gasteiger partial charge in [-0.05, 0) is 83.0 Å². The van der Waals surface area contributed by atoms with Crippen molar-refractivity contribution in [3.8, 4) is 0 Å². The second kappa shape index (κ2) is 19.9. The van der Waals surface area contributed by atoms with Gasteiger partial charge in [-0.1, -0.05) is 85.8 Å². The van der Waals surface area contributed by atoms with Crippen molar-refractivity contribution in [2.75, 3.05) is 34.2 Å². The Morgan fingerprint density at radius 3 is 1.94 bits per heavy atom. The summed E-state index contributed by atoms with van der Waals surface area (Å²) in [6.45, 7) is 6.52. The van der Waals surface area contributed by atoms with Gasteiger partial charge in [0.05, 0.1) is 5.41 Å². The second-order valence-electron chi connectivity index (χ2n) is 13.0. The van der Waals surface area contributed by atoms with Crippen LogP contribution in [0.2, 0.25) is 0 Å². The Morgan fingerprint density at radius 1 is 0.902 bits per heavy atom. The molecule has 0 aliphatic rings. The zero-order chi connectivity index (χ0) is 37.4. The van der Waals surface area contributed by atoms with E-state index in [1.54, 1.807) is 31.3 Å². The first kappa shape index (κ1) is 40.3. The predicted octanol–water partition coefficient (Wildman–Crippen LogP) is 5.24. The number of guanidine groups is 1. The monoisotopic (exact) mass is 697 g/mol. The van der Waals surface area contributed by atoms with Crippen LogP contribution in [0.1, 0.15) is 67.9 Å². The van der Waals surface area contributed by atoms with Crippen LogP contribution >= 0.6 is 0 Å². The lowest BCUT2D eigenvalue weighted by Gasteiger charge is -2.40. The molecular formula is C40H55N7O4. The molecule has 0 aliphatic heterocycles. The summed E-state index contributed by atoms with van der Waals surface area (Å²) >= 11 is 0. The first-order valence-corrected chi connectivity index (χ1v) is 17.5. The smallest absolute Gasteiger partial charge is 0.414 e. The quantitative estimate of drug-likeness (QED) is 0.0528. The third-order valence-electron chi connectivity index (χ3n) is 9.18. The van der Waals surface area contributed by atoms with E-state index in [2.05, 4.69) is 52.0 Å². The van der Waals surface area contributed by atoms with Gasteiger partial charge in [0.25, 0.3) is 5.91 Å². The summed E-state index contributed by atoms with van der Waals surface area (Å²) in [6, 6.07) is 27.8. The standard InChI is InChI=1S/C40H55N7O4/c1-7-33(44-37(49)34(25-18-26-43-38(41)42)45-36(48)30-19-12-9-13-20-30)28-47(6)39(50)51-35(8-2)40(27-29(3)46(4)5,31-21-14-10-15-22-31)32-23-16-11-17-24-32/h8-17,19-24,29,33-34H,7,18,25-28H2,1-6H3,(H,44,49)(H,45,48)(H4,41,42,43)/b35-8-/t29?,33?,34-/m0/s1. The minimum atomic E-state index is -0.844. The van der Waals surface area contributed by atoms with Crippen molar-refractivity contribution in [1.82, 2.24) is 25.8 Å². The number of rotatable bonds is 18. The van der Waals surface area contributed by atoms with Gasteiger partial charge in [0.1, 0.15) is 11.8 Å². The number of amides is 3. The Labute approximate surface area is 303 Å². The minimum Gasteiger partial charge on any atom is -0.414 e. The van der Waals surface area contributed by atoms with Crippen molar-refractivity contribution in [3.63, 3.8) is 0 Å². The Balaban J connectivity index is 1.82. The number of carbonyl (C=O) groups is 3. The molecule has 0 aliphatic carbocycles. The largest absolute Gasteiger partial charge is 0.414 e. The maximum absolute atomic E-state index is 13.9. The fourth-order valence-electron chi connectivity index (χ4n) is 6.04. The summed E-state index contributed by atoms with van der Waals surface area (Å²) < 4.78 is 6.33. The molecule has 0 radical (unpaired) electrons. The molecule has 0 fully saturated rings. The van der Waals surface area contributed by atoms with Gasteiger partial charge in [-0.25, -0.2) is 4.79 Å². The van der Waals surface area contributed by atoms with Gasteiger partial charge < -0.3 is 36.2 Å². The third kappa shape index (κ3) is 11.4. The van der Waals surface area contributed by atoms with Gasteiger partial charge in [-0.3, -0.25) is 15.0 Å². The summed E-state index contributed by atoms with van der Waals surface area (Å²) in [5, 5.41) is 16.0. The molecular weight excluding hydrogens is 642 g/mol. The van der Waals surface area contributed by atoms with E-state index >= 15 is 0 Å². The van der Waals surface area contributed by atoms with E-state index in [-0.39, 0.29) is 30.4 Å². The lowest BCUT2D eigenvalue weighted by atomic mass is 9.68. The molecule has 3 aromatic rings. The van der Waals surface area contributed by atoms with Crippen LogP contribution in [0.15, 0.2) is 103 Å². The van der Waals surface area contributed by atoms with Gasteiger partial charge in [-0.15, -0.1) is 0 Å². The Morgan fingerprint density at radius 2 is 1.45 bits per heavy atom. The topological polar surface area (TPSA) is 153 Å². The van der Waals surface area contributed by atoms with Crippen molar-refractivity contribution in [3.05, 3.63) is 120 Å². The number of nitrogens with one attached hydrogen (secondary N) is 4. The number of hydrogen-bond acceptors (Lipinski definition) is 6. The van der Waals surface area contributed by atoms with E-state index in [1.165, 1.54) is 4.90 Å². The van der Waals surface area contributed by atoms with E-state index in [9.17, 15) is 14.4 Å². The molecule has 6 N–H and O–H groups in total. The summed E-state index contributed by atoms with van der Waals surface area (Å²) in [7, 11) is 5.74. The number of allylic oxidation sites excluding steroid dienone is 2. The number of hydrogen-bond donors (Lipinski definition) is 5.